The van der Waals surface area contributed by atoms with E-state index < -0.39 is 9.84 Å². The Morgan fingerprint density at radius 1 is 1.47 bits per heavy atom. The van der Waals surface area contributed by atoms with Gasteiger partial charge in [-0.3, -0.25) is 0 Å². The Bertz CT molecular complexity index is 545. The number of hydrogen-bond acceptors (Lipinski definition) is 4. The summed E-state index contributed by atoms with van der Waals surface area (Å²) in [5.74, 6) is 1.11. The van der Waals surface area contributed by atoms with Gasteiger partial charge < -0.3 is 10.1 Å². The molecule has 1 N–H and O–H groups in total. The van der Waals surface area contributed by atoms with Crippen LogP contribution < -0.4 is 10.1 Å². The Morgan fingerprint density at radius 2 is 2.26 bits per heavy atom. The molecule has 1 aliphatic heterocycles. The lowest BCUT2D eigenvalue weighted by Gasteiger charge is -2.14. The predicted octanol–water partition coefficient (Wildman–Crippen LogP) is 2.73. The van der Waals surface area contributed by atoms with Crippen LogP contribution in [0.1, 0.15) is 19.8 Å². The van der Waals surface area contributed by atoms with Crippen LogP contribution in [0.25, 0.3) is 0 Å². The lowest BCUT2D eigenvalue weighted by molar-refractivity contribution is 0.317. The first-order valence-electron chi connectivity index (χ1n) is 6.39. The molecule has 1 aromatic rings. The van der Waals surface area contributed by atoms with Crippen molar-refractivity contribution in [3.63, 3.8) is 0 Å². The highest BCUT2D eigenvalue weighted by molar-refractivity contribution is 7.91. The van der Waals surface area contributed by atoms with Crippen molar-refractivity contribution < 1.29 is 13.2 Å². The van der Waals surface area contributed by atoms with Crippen LogP contribution in [0.4, 0.5) is 5.69 Å². The Balaban J connectivity index is 2.00. The van der Waals surface area contributed by atoms with Crippen LogP contribution in [-0.2, 0) is 9.84 Å². The van der Waals surface area contributed by atoms with Crippen LogP contribution in [0.2, 0.25) is 5.02 Å². The van der Waals surface area contributed by atoms with Gasteiger partial charge in [-0.05, 0) is 31.0 Å². The maximum absolute atomic E-state index is 11.4. The first-order chi connectivity index (χ1) is 9.00. The van der Waals surface area contributed by atoms with Crippen LogP contribution in [0.5, 0.6) is 5.75 Å². The van der Waals surface area contributed by atoms with E-state index in [2.05, 4.69) is 5.32 Å². The van der Waals surface area contributed by atoms with Gasteiger partial charge in [-0.15, -0.1) is 0 Å². The molecule has 19 heavy (non-hydrogen) atoms. The normalized spacial score (nSPS) is 21.3. The molecule has 0 saturated carbocycles. The van der Waals surface area contributed by atoms with Crippen molar-refractivity contribution in [1.29, 1.82) is 0 Å². The molecule has 1 fully saturated rings. The maximum Gasteiger partial charge on any atom is 0.152 e. The first kappa shape index (κ1) is 14.5. The second-order valence-electron chi connectivity index (χ2n) is 4.74. The lowest BCUT2D eigenvalue weighted by Crippen LogP contribution is -2.20. The zero-order chi connectivity index (χ0) is 13.9. The molecule has 1 atom stereocenters. The molecule has 1 aromatic carbocycles. The molecule has 0 radical (unpaired) electrons. The van der Waals surface area contributed by atoms with E-state index in [4.69, 9.17) is 16.3 Å². The molecule has 0 bridgehead atoms. The molecule has 4 nitrogen and oxygen atoms in total. The van der Waals surface area contributed by atoms with Gasteiger partial charge in [0.2, 0.25) is 0 Å². The van der Waals surface area contributed by atoms with Crippen molar-refractivity contribution in [1.82, 2.24) is 0 Å². The molecule has 2 rings (SSSR count). The van der Waals surface area contributed by atoms with Gasteiger partial charge in [0.15, 0.2) is 9.84 Å². The number of nitrogens with one attached hydrogen (secondary N) is 1. The standard InChI is InChI=1S/C13H18ClNO3S/c1-2-6-18-13-4-3-10(8-12(13)14)15-11-5-7-19(16,17)9-11/h3-4,8,11,15H,2,5-7,9H2,1H3. The minimum atomic E-state index is -2.87. The Labute approximate surface area is 119 Å². The molecule has 106 valence electrons. The van der Waals surface area contributed by atoms with Crippen molar-refractivity contribution in [3.05, 3.63) is 23.2 Å². The van der Waals surface area contributed by atoms with E-state index in [1.807, 2.05) is 19.1 Å². The number of hydrogen-bond donors (Lipinski definition) is 1. The van der Waals surface area contributed by atoms with Gasteiger partial charge in [0.05, 0.1) is 23.1 Å². The summed E-state index contributed by atoms with van der Waals surface area (Å²) in [4.78, 5) is 0. The Morgan fingerprint density at radius 3 is 2.84 bits per heavy atom. The second-order valence-corrected chi connectivity index (χ2v) is 7.37. The number of ether oxygens (including phenoxy) is 1. The smallest absolute Gasteiger partial charge is 0.152 e. The summed E-state index contributed by atoms with van der Waals surface area (Å²) in [6.45, 7) is 2.66. The summed E-state index contributed by atoms with van der Waals surface area (Å²) in [6.07, 6.45) is 1.57. The third-order valence-corrected chi connectivity index (χ3v) is 5.06. The largest absolute Gasteiger partial charge is 0.492 e. The average molecular weight is 304 g/mol. The molecule has 1 heterocycles. The van der Waals surface area contributed by atoms with E-state index in [1.165, 1.54) is 0 Å². The highest BCUT2D eigenvalue weighted by Gasteiger charge is 2.27. The molecule has 1 aliphatic rings. The van der Waals surface area contributed by atoms with E-state index in [9.17, 15) is 8.42 Å². The Hall–Kier alpha value is -0.940. The fourth-order valence-electron chi connectivity index (χ4n) is 2.06. The molecule has 0 spiro atoms. The highest BCUT2D eigenvalue weighted by Crippen LogP contribution is 2.29. The number of anilines is 1. The quantitative estimate of drug-likeness (QED) is 0.909. The monoisotopic (exact) mass is 303 g/mol. The zero-order valence-electron chi connectivity index (χ0n) is 10.9. The maximum atomic E-state index is 11.4. The van der Waals surface area contributed by atoms with Crippen LogP contribution >= 0.6 is 11.6 Å². The van der Waals surface area contributed by atoms with E-state index in [1.54, 1.807) is 6.07 Å². The van der Waals surface area contributed by atoms with Crippen molar-refractivity contribution in [3.8, 4) is 5.75 Å². The molecule has 0 aliphatic carbocycles. The fourth-order valence-corrected chi connectivity index (χ4v) is 3.97. The number of halogens is 1. The van der Waals surface area contributed by atoms with Gasteiger partial charge in [0.1, 0.15) is 5.75 Å². The summed E-state index contributed by atoms with van der Waals surface area (Å²) in [6, 6.07) is 5.42. The molecular weight excluding hydrogens is 286 g/mol. The first-order valence-corrected chi connectivity index (χ1v) is 8.59. The van der Waals surface area contributed by atoms with Crippen molar-refractivity contribution in [2.75, 3.05) is 23.4 Å². The van der Waals surface area contributed by atoms with Crippen LogP contribution in [0, 0.1) is 0 Å². The number of rotatable bonds is 5. The molecular formula is C13H18ClNO3S. The topological polar surface area (TPSA) is 55.4 Å². The summed E-state index contributed by atoms with van der Waals surface area (Å²) >= 11 is 6.12. The third-order valence-electron chi connectivity index (χ3n) is 3.00. The molecule has 6 heteroatoms. The fraction of sp³-hybridized carbons (Fsp3) is 0.538. The lowest BCUT2D eigenvalue weighted by atomic mass is 10.2. The third kappa shape index (κ3) is 4.01. The van der Waals surface area contributed by atoms with E-state index in [0.29, 0.717) is 23.8 Å². The minimum Gasteiger partial charge on any atom is -0.492 e. The summed E-state index contributed by atoms with van der Waals surface area (Å²) < 4.78 is 28.3. The Kier molecular flexibility index (Phi) is 4.58. The van der Waals surface area contributed by atoms with Crippen molar-refractivity contribution in [2.24, 2.45) is 0 Å². The van der Waals surface area contributed by atoms with Crippen LogP contribution in [0.15, 0.2) is 18.2 Å². The van der Waals surface area contributed by atoms with Crippen molar-refractivity contribution >= 4 is 27.1 Å². The highest BCUT2D eigenvalue weighted by atomic mass is 35.5. The van der Waals surface area contributed by atoms with Crippen molar-refractivity contribution in [2.45, 2.75) is 25.8 Å². The molecule has 1 saturated heterocycles. The van der Waals surface area contributed by atoms with Crippen LogP contribution in [-0.4, -0.2) is 32.6 Å². The zero-order valence-corrected chi connectivity index (χ0v) is 12.4. The summed E-state index contributed by atoms with van der Waals surface area (Å²) in [7, 11) is -2.87. The average Bonchev–Trinajstić information content (AvgIpc) is 2.68. The SMILES string of the molecule is CCCOc1ccc(NC2CCS(=O)(=O)C2)cc1Cl. The van der Waals surface area contributed by atoms with E-state index in [0.717, 1.165) is 12.1 Å². The van der Waals surface area contributed by atoms with Gasteiger partial charge in [-0.2, -0.15) is 0 Å². The van der Waals surface area contributed by atoms with Gasteiger partial charge in [-0.1, -0.05) is 18.5 Å². The van der Waals surface area contributed by atoms with Gasteiger partial charge in [-0.25, -0.2) is 8.42 Å². The van der Waals surface area contributed by atoms with Crippen LogP contribution in [0.3, 0.4) is 0 Å². The summed E-state index contributed by atoms with van der Waals surface area (Å²) in [5, 5.41) is 3.74. The number of sulfone groups is 1. The number of benzene rings is 1. The van der Waals surface area contributed by atoms with E-state index in [-0.39, 0.29) is 17.5 Å². The summed E-state index contributed by atoms with van der Waals surface area (Å²) in [5.41, 5.74) is 0.830. The predicted molar refractivity (Wildman–Crippen MR) is 77.9 cm³/mol. The molecule has 0 amide bonds. The second kappa shape index (κ2) is 6.01. The van der Waals surface area contributed by atoms with Gasteiger partial charge in [0.25, 0.3) is 0 Å². The molecule has 0 aromatic heterocycles. The molecule has 1 unspecified atom stereocenters. The minimum absolute atomic E-state index is 0.0246. The van der Waals surface area contributed by atoms with Gasteiger partial charge in [0, 0.05) is 11.7 Å². The van der Waals surface area contributed by atoms with E-state index >= 15 is 0 Å². The van der Waals surface area contributed by atoms with Gasteiger partial charge >= 0.3 is 0 Å².